The largest absolute Gasteiger partial charge is 0.460 e. The Kier molecular flexibility index (Phi) is 3.42. The first kappa shape index (κ1) is 15.0. The molecule has 7 heteroatoms. The minimum atomic E-state index is -3.45. The van der Waals surface area contributed by atoms with Crippen molar-refractivity contribution in [1.82, 2.24) is 0 Å². The van der Waals surface area contributed by atoms with Gasteiger partial charge in [0.1, 0.15) is 12.2 Å². The van der Waals surface area contributed by atoms with Crippen LogP contribution in [0.15, 0.2) is 12.2 Å². The van der Waals surface area contributed by atoms with Gasteiger partial charge in [-0.25, -0.2) is 4.79 Å². The van der Waals surface area contributed by atoms with Gasteiger partial charge >= 0.3 is 5.97 Å². The molecule has 2 aliphatic carbocycles. The van der Waals surface area contributed by atoms with Crippen molar-refractivity contribution in [3.8, 4) is 0 Å². The highest BCUT2D eigenvalue weighted by molar-refractivity contribution is 7.87. The number of ether oxygens (including phenoxy) is 2. The van der Waals surface area contributed by atoms with E-state index in [9.17, 15) is 13.2 Å². The van der Waals surface area contributed by atoms with Crippen LogP contribution in [-0.2, 0) is 28.6 Å². The number of carbonyl (C=O) groups is 1. The number of rotatable bonds is 5. The van der Waals surface area contributed by atoms with Crippen molar-refractivity contribution >= 4 is 16.1 Å². The molecule has 0 aromatic heterocycles. The molecule has 118 valence electrons. The van der Waals surface area contributed by atoms with E-state index < -0.39 is 21.7 Å². The average molecular weight is 316 g/mol. The van der Waals surface area contributed by atoms with Crippen LogP contribution in [0.5, 0.6) is 0 Å². The van der Waals surface area contributed by atoms with E-state index in [0.29, 0.717) is 12.0 Å². The lowest BCUT2D eigenvalue weighted by atomic mass is 9.83. The van der Waals surface area contributed by atoms with Gasteiger partial charge in [-0.15, -0.1) is 0 Å². The van der Waals surface area contributed by atoms with Crippen LogP contribution >= 0.6 is 0 Å². The number of esters is 1. The van der Waals surface area contributed by atoms with E-state index >= 15 is 0 Å². The molecular weight excluding hydrogens is 296 g/mol. The summed E-state index contributed by atoms with van der Waals surface area (Å²) >= 11 is 0. The topological polar surface area (TPSA) is 78.9 Å². The summed E-state index contributed by atoms with van der Waals surface area (Å²) in [6.07, 6.45) is 1.19. The lowest BCUT2D eigenvalue weighted by Crippen LogP contribution is -2.46. The zero-order valence-corrected chi connectivity index (χ0v) is 13.0. The Balaban J connectivity index is 1.59. The molecule has 3 aliphatic rings. The minimum Gasteiger partial charge on any atom is -0.460 e. The van der Waals surface area contributed by atoms with Gasteiger partial charge in [0.15, 0.2) is 0 Å². The molecule has 0 spiro atoms. The molecule has 0 radical (unpaired) electrons. The lowest BCUT2D eigenvalue weighted by molar-refractivity contribution is -0.144. The molecule has 5 atom stereocenters. The summed E-state index contributed by atoms with van der Waals surface area (Å²) in [6.45, 7) is 7.26. The minimum absolute atomic E-state index is 0.0236. The molecule has 2 bridgehead atoms. The zero-order chi connectivity index (χ0) is 15.4. The summed E-state index contributed by atoms with van der Waals surface area (Å²) in [4.78, 5) is 11.3. The van der Waals surface area contributed by atoms with Gasteiger partial charge in [0.25, 0.3) is 10.1 Å². The molecule has 21 heavy (non-hydrogen) atoms. The summed E-state index contributed by atoms with van der Waals surface area (Å²) < 4.78 is 40.1. The number of hydrogen-bond acceptors (Lipinski definition) is 6. The average Bonchev–Trinajstić information content (AvgIpc) is 2.95. The molecule has 0 aromatic rings. The molecule has 0 amide bonds. The third kappa shape index (κ3) is 2.22. The Hall–Kier alpha value is -0.920. The van der Waals surface area contributed by atoms with Crippen molar-refractivity contribution in [2.45, 2.75) is 43.6 Å². The molecular formula is C14H20O6S. The quantitative estimate of drug-likeness (QED) is 0.326. The van der Waals surface area contributed by atoms with Gasteiger partial charge in [-0.2, -0.15) is 8.42 Å². The highest BCUT2D eigenvalue weighted by Crippen LogP contribution is 2.61. The second-order valence-electron chi connectivity index (χ2n) is 6.34. The van der Waals surface area contributed by atoms with Crippen LogP contribution in [0.4, 0.5) is 0 Å². The Labute approximate surface area is 124 Å². The van der Waals surface area contributed by atoms with Crippen molar-refractivity contribution in [2.75, 3.05) is 13.2 Å². The number of fused-ring (bicyclic) bond motifs is 1. The first-order valence-electron chi connectivity index (χ1n) is 7.14. The van der Waals surface area contributed by atoms with Crippen LogP contribution in [0.2, 0.25) is 0 Å². The maximum atomic E-state index is 12.0. The fourth-order valence-corrected chi connectivity index (χ4v) is 6.15. The van der Waals surface area contributed by atoms with Crippen molar-refractivity contribution in [3.05, 3.63) is 12.2 Å². The lowest BCUT2D eigenvalue weighted by Gasteiger charge is -2.33. The highest BCUT2D eigenvalue weighted by Gasteiger charge is 2.70. The first-order chi connectivity index (χ1) is 9.75. The van der Waals surface area contributed by atoms with Crippen molar-refractivity contribution in [3.63, 3.8) is 0 Å². The maximum absolute atomic E-state index is 12.0. The monoisotopic (exact) mass is 316 g/mol. The van der Waals surface area contributed by atoms with Crippen LogP contribution in [-0.4, -0.2) is 44.6 Å². The standard InChI is InChI=1S/C14H20O6S/c1-8(2)13(15)19-5-4-18-12-9-6-10-11(7-9)21(16,17)20-14(10,12)3/h9-12H,1,4-7H2,2-3H3. The van der Waals surface area contributed by atoms with E-state index in [1.807, 2.05) is 6.92 Å². The summed E-state index contributed by atoms with van der Waals surface area (Å²) in [6, 6.07) is 0. The third-order valence-electron chi connectivity index (χ3n) is 4.90. The van der Waals surface area contributed by atoms with Crippen molar-refractivity contribution in [2.24, 2.45) is 11.8 Å². The molecule has 6 nitrogen and oxygen atoms in total. The van der Waals surface area contributed by atoms with Gasteiger partial charge in [0, 0.05) is 11.5 Å². The van der Waals surface area contributed by atoms with Gasteiger partial charge in [-0.05, 0) is 32.6 Å². The summed E-state index contributed by atoms with van der Waals surface area (Å²) in [5.74, 6) is -0.216. The predicted octanol–water partition coefficient (Wildman–Crippen LogP) is 1.02. The Bertz CT molecular complexity index is 582. The van der Waals surface area contributed by atoms with Crippen LogP contribution in [0.3, 0.4) is 0 Å². The highest BCUT2D eigenvalue weighted by atomic mass is 32.2. The van der Waals surface area contributed by atoms with Gasteiger partial charge in [-0.3, -0.25) is 4.18 Å². The van der Waals surface area contributed by atoms with Crippen LogP contribution in [0.1, 0.15) is 26.7 Å². The SMILES string of the molecule is C=C(C)C(=O)OCCOC1C2CC3C(C2)S(=O)(=O)OC31C. The van der Waals surface area contributed by atoms with E-state index in [-0.39, 0.29) is 36.4 Å². The molecule has 3 rings (SSSR count). The van der Waals surface area contributed by atoms with E-state index in [4.69, 9.17) is 13.7 Å². The fraction of sp³-hybridized carbons (Fsp3) is 0.786. The first-order valence-corrected chi connectivity index (χ1v) is 8.61. The van der Waals surface area contributed by atoms with Crippen molar-refractivity contribution < 1.29 is 26.9 Å². The van der Waals surface area contributed by atoms with Gasteiger partial charge in [0.2, 0.25) is 0 Å². The number of carbonyl (C=O) groups excluding carboxylic acids is 1. The second kappa shape index (κ2) is 4.79. The Morgan fingerprint density at radius 2 is 2.10 bits per heavy atom. The predicted molar refractivity (Wildman–Crippen MR) is 73.9 cm³/mol. The van der Waals surface area contributed by atoms with E-state index in [1.54, 1.807) is 6.92 Å². The van der Waals surface area contributed by atoms with Crippen LogP contribution < -0.4 is 0 Å². The molecule has 1 heterocycles. The Morgan fingerprint density at radius 1 is 1.38 bits per heavy atom. The molecule has 5 unspecified atom stereocenters. The molecule has 0 N–H and O–H groups in total. The zero-order valence-electron chi connectivity index (χ0n) is 12.2. The summed E-state index contributed by atoms with van der Waals surface area (Å²) in [5.41, 5.74) is -0.417. The summed E-state index contributed by atoms with van der Waals surface area (Å²) in [5, 5.41) is -0.367. The van der Waals surface area contributed by atoms with Crippen molar-refractivity contribution in [1.29, 1.82) is 0 Å². The Morgan fingerprint density at radius 3 is 2.76 bits per heavy atom. The molecule has 2 saturated carbocycles. The van der Waals surface area contributed by atoms with E-state index in [0.717, 1.165) is 6.42 Å². The van der Waals surface area contributed by atoms with E-state index in [2.05, 4.69) is 6.58 Å². The smallest absolute Gasteiger partial charge is 0.333 e. The third-order valence-corrected chi connectivity index (χ3v) is 6.75. The maximum Gasteiger partial charge on any atom is 0.333 e. The fourth-order valence-electron chi connectivity index (χ4n) is 4.04. The second-order valence-corrected chi connectivity index (χ2v) is 8.10. The van der Waals surface area contributed by atoms with Crippen LogP contribution in [0.25, 0.3) is 0 Å². The summed E-state index contributed by atoms with van der Waals surface area (Å²) in [7, 11) is -3.45. The molecule has 1 aliphatic heterocycles. The number of hydrogen-bond donors (Lipinski definition) is 0. The normalized spacial score (nSPS) is 42.2. The molecule has 1 saturated heterocycles. The van der Waals surface area contributed by atoms with Gasteiger partial charge in [-0.1, -0.05) is 6.58 Å². The molecule has 0 aromatic carbocycles. The van der Waals surface area contributed by atoms with Gasteiger partial charge in [0.05, 0.1) is 18.0 Å². The molecule has 3 fully saturated rings. The van der Waals surface area contributed by atoms with E-state index in [1.165, 1.54) is 0 Å². The van der Waals surface area contributed by atoms with Gasteiger partial charge < -0.3 is 9.47 Å². The van der Waals surface area contributed by atoms with Crippen LogP contribution in [0, 0.1) is 11.8 Å².